The Morgan fingerprint density at radius 2 is 1.69 bits per heavy atom. The second kappa shape index (κ2) is 8.72. The standard InChI is InChI=1S/C24H26O2/c1-3-5-19-8-10-20(11-9-19)21-14-16-23(17-15-21)26-24(25)22-12-6-18(4-2)7-13-22/h2,6-7,12-17,19-20H,3,5,8-11H2,1H3. The molecule has 0 aromatic heterocycles. The number of carbonyl (C=O) groups is 1. The molecule has 2 nitrogen and oxygen atoms in total. The molecule has 0 atom stereocenters. The highest BCUT2D eigenvalue weighted by Crippen LogP contribution is 2.37. The molecule has 1 saturated carbocycles. The molecule has 2 heteroatoms. The van der Waals surface area contributed by atoms with E-state index in [2.05, 4.69) is 25.0 Å². The molecule has 3 rings (SSSR count). The van der Waals surface area contributed by atoms with Gasteiger partial charge in [-0.05, 0) is 79.5 Å². The number of terminal acetylenes is 1. The Kier molecular flexibility index (Phi) is 6.12. The molecule has 134 valence electrons. The molecule has 0 bridgehead atoms. The van der Waals surface area contributed by atoms with Crippen LogP contribution in [0.25, 0.3) is 0 Å². The van der Waals surface area contributed by atoms with Gasteiger partial charge < -0.3 is 4.74 Å². The molecule has 1 aliphatic rings. The first-order chi connectivity index (χ1) is 12.7. The van der Waals surface area contributed by atoms with E-state index >= 15 is 0 Å². The number of ether oxygens (including phenoxy) is 1. The predicted molar refractivity (Wildman–Crippen MR) is 105 cm³/mol. The van der Waals surface area contributed by atoms with Gasteiger partial charge in [-0.15, -0.1) is 6.42 Å². The molecule has 1 fully saturated rings. The molecular formula is C24H26O2. The van der Waals surface area contributed by atoms with E-state index in [1.54, 1.807) is 24.3 Å². The summed E-state index contributed by atoms with van der Waals surface area (Å²) in [5, 5.41) is 0. The molecule has 0 spiro atoms. The van der Waals surface area contributed by atoms with Gasteiger partial charge in [-0.2, -0.15) is 0 Å². The minimum Gasteiger partial charge on any atom is -0.423 e. The van der Waals surface area contributed by atoms with Gasteiger partial charge in [-0.25, -0.2) is 4.79 Å². The van der Waals surface area contributed by atoms with Gasteiger partial charge in [0.05, 0.1) is 5.56 Å². The fourth-order valence-electron chi connectivity index (χ4n) is 3.87. The molecule has 0 unspecified atom stereocenters. The van der Waals surface area contributed by atoms with Crippen molar-refractivity contribution in [3.8, 4) is 18.1 Å². The van der Waals surface area contributed by atoms with Crippen molar-refractivity contribution in [3.05, 3.63) is 65.2 Å². The Hall–Kier alpha value is -2.53. The van der Waals surface area contributed by atoms with Gasteiger partial charge >= 0.3 is 5.97 Å². The zero-order valence-corrected chi connectivity index (χ0v) is 15.4. The average molecular weight is 346 g/mol. The Morgan fingerprint density at radius 1 is 1.04 bits per heavy atom. The van der Waals surface area contributed by atoms with Crippen LogP contribution in [-0.4, -0.2) is 5.97 Å². The normalized spacial score (nSPS) is 19.5. The molecule has 26 heavy (non-hydrogen) atoms. The van der Waals surface area contributed by atoms with Crippen LogP contribution in [0.3, 0.4) is 0 Å². The first kappa shape index (κ1) is 18.3. The lowest BCUT2D eigenvalue weighted by Crippen LogP contribution is -2.13. The summed E-state index contributed by atoms with van der Waals surface area (Å²) in [6, 6.07) is 14.9. The van der Waals surface area contributed by atoms with Crippen LogP contribution in [0.1, 0.15) is 72.9 Å². The van der Waals surface area contributed by atoms with Crippen molar-refractivity contribution < 1.29 is 9.53 Å². The maximum atomic E-state index is 12.2. The topological polar surface area (TPSA) is 26.3 Å². The summed E-state index contributed by atoms with van der Waals surface area (Å²) < 4.78 is 5.47. The van der Waals surface area contributed by atoms with E-state index in [0.717, 1.165) is 11.5 Å². The Balaban J connectivity index is 1.57. The minimum atomic E-state index is -0.360. The third-order valence-electron chi connectivity index (χ3n) is 5.39. The second-order valence-corrected chi connectivity index (χ2v) is 7.19. The summed E-state index contributed by atoms with van der Waals surface area (Å²) in [4.78, 5) is 12.2. The number of hydrogen-bond acceptors (Lipinski definition) is 2. The minimum absolute atomic E-state index is 0.360. The summed E-state index contributed by atoms with van der Waals surface area (Å²) in [5.41, 5.74) is 2.61. The third kappa shape index (κ3) is 4.55. The van der Waals surface area contributed by atoms with Gasteiger partial charge in [-0.1, -0.05) is 37.8 Å². The van der Waals surface area contributed by atoms with Crippen LogP contribution in [-0.2, 0) is 0 Å². The number of benzene rings is 2. The SMILES string of the molecule is C#Cc1ccc(C(=O)Oc2ccc(C3CCC(CCC)CC3)cc2)cc1. The van der Waals surface area contributed by atoms with E-state index in [-0.39, 0.29) is 5.97 Å². The van der Waals surface area contributed by atoms with E-state index in [0.29, 0.717) is 17.2 Å². The zero-order valence-electron chi connectivity index (χ0n) is 15.4. The predicted octanol–water partition coefficient (Wildman–Crippen LogP) is 5.96. The van der Waals surface area contributed by atoms with Crippen molar-refractivity contribution in [1.82, 2.24) is 0 Å². The van der Waals surface area contributed by atoms with Crippen molar-refractivity contribution in [2.24, 2.45) is 5.92 Å². The summed E-state index contributed by atoms with van der Waals surface area (Å²) in [5.74, 6) is 4.32. The Bertz CT molecular complexity index is 757. The van der Waals surface area contributed by atoms with Crippen LogP contribution >= 0.6 is 0 Å². The quantitative estimate of drug-likeness (QED) is 0.379. The fourth-order valence-corrected chi connectivity index (χ4v) is 3.87. The highest BCUT2D eigenvalue weighted by atomic mass is 16.5. The second-order valence-electron chi connectivity index (χ2n) is 7.19. The van der Waals surface area contributed by atoms with Gasteiger partial charge in [-0.3, -0.25) is 0 Å². The number of hydrogen-bond donors (Lipinski definition) is 0. The molecule has 0 heterocycles. The van der Waals surface area contributed by atoms with Crippen LogP contribution in [0.5, 0.6) is 5.75 Å². The van der Waals surface area contributed by atoms with Crippen LogP contribution < -0.4 is 4.74 Å². The van der Waals surface area contributed by atoms with Crippen LogP contribution in [0.4, 0.5) is 0 Å². The van der Waals surface area contributed by atoms with E-state index in [1.807, 2.05) is 12.1 Å². The smallest absolute Gasteiger partial charge is 0.343 e. The molecule has 1 aliphatic carbocycles. The van der Waals surface area contributed by atoms with E-state index in [4.69, 9.17) is 11.2 Å². The molecule has 0 amide bonds. The molecule has 2 aromatic carbocycles. The summed E-state index contributed by atoms with van der Waals surface area (Å²) in [6.07, 6.45) is 13.2. The number of carbonyl (C=O) groups excluding carboxylic acids is 1. The molecular weight excluding hydrogens is 320 g/mol. The van der Waals surface area contributed by atoms with E-state index in [9.17, 15) is 4.79 Å². The summed E-state index contributed by atoms with van der Waals surface area (Å²) >= 11 is 0. The summed E-state index contributed by atoms with van der Waals surface area (Å²) in [6.45, 7) is 2.27. The summed E-state index contributed by atoms with van der Waals surface area (Å²) in [7, 11) is 0. The molecule has 0 saturated heterocycles. The van der Waals surface area contributed by atoms with Crippen LogP contribution in [0, 0.1) is 18.3 Å². The van der Waals surface area contributed by atoms with E-state index < -0.39 is 0 Å². The van der Waals surface area contributed by atoms with Gasteiger partial charge in [0.15, 0.2) is 0 Å². The number of rotatable bonds is 5. The Morgan fingerprint density at radius 3 is 2.27 bits per heavy atom. The average Bonchev–Trinajstić information content (AvgIpc) is 2.69. The van der Waals surface area contributed by atoms with Gasteiger partial charge in [0.1, 0.15) is 5.75 Å². The van der Waals surface area contributed by atoms with Crippen LogP contribution in [0.15, 0.2) is 48.5 Å². The van der Waals surface area contributed by atoms with Gasteiger partial charge in [0.2, 0.25) is 0 Å². The van der Waals surface area contributed by atoms with Crippen molar-refractivity contribution >= 4 is 5.97 Å². The first-order valence-electron chi connectivity index (χ1n) is 9.58. The monoisotopic (exact) mass is 346 g/mol. The zero-order chi connectivity index (χ0) is 18.4. The largest absolute Gasteiger partial charge is 0.423 e. The lowest BCUT2D eigenvalue weighted by molar-refractivity contribution is 0.0734. The van der Waals surface area contributed by atoms with Gasteiger partial charge in [0, 0.05) is 5.56 Å². The highest BCUT2D eigenvalue weighted by Gasteiger charge is 2.21. The molecule has 0 N–H and O–H groups in total. The fraction of sp³-hybridized carbons (Fsp3) is 0.375. The van der Waals surface area contributed by atoms with E-state index in [1.165, 1.54) is 44.1 Å². The van der Waals surface area contributed by atoms with Gasteiger partial charge in [0.25, 0.3) is 0 Å². The maximum Gasteiger partial charge on any atom is 0.343 e. The lowest BCUT2D eigenvalue weighted by Gasteiger charge is -2.28. The van der Waals surface area contributed by atoms with Crippen molar-refractivity contribution in [2.75, 3.05) is 0 Å². The molecule has 0 aliphatic heterocycles. The van der Waals surface area contributed by atoms with Crippen molar-refractivity contribution in [2.45, 2.75) is 51.4 Å². The first-order valence-corrected chi connectivity index (χ1v) is 9.58. The third-order valence-corrected chi connectivity index (χ3v) is 5.39. The van der Waals surface area contributed by atoms with Crippen molar-refractivity contribution in [3.63, 3.8) is 0 Å². The molecule has 2 aromatic rings. The number of esters is 1. The van der Waals surface area contributed by atoms with Crippen molar-refractivity contribution in [1.29, 1.82) is 0 Å². The maximum absolute atomic E-state index is 12.2. The lowest BCUT2D eigenvalue weighted by atomic mass is 9.77. The highest BCUT2D eigenvalue weighted by molar-refractivity contribution is 5.91. The molecule has 0 radical (unpaired) electrons. The van der Waals surface area contributed by atoms with Crippen LogP contribution in [0.2, 0.25) is 0 Å². The Labute approximate surface area is 156 Å².